The first kappa shape index (κ1) is 12.5. The number of carboxylic acids is 1. The van der Waals surface area contributed by atoms with Crippen LogP contribution in [0.3, 0.4) is 0 Å². The summed E-state index contributed by atoms with van der Waals surface area (Å²) < 4.78 is 0. The van der Waals surface area contributed by atoms with E-state index in [0.717, 1.165) is 19.5 Å². The van der Waals surface area contributed by atoms with E-state index in [-0.39, 0.29) is 5.92 Å². The lowest BCUT2D eigenvalue weighted by molar-refractivity contribution is -0.152. The van der Waals surface area contributed by atoms with Gasteiger partial charge < -0.3 is 5.11 Å². The van der Waals surface area contributed by atoms with Gasteiger partial charge in [0.05, 0.1) is 0 Å². The van der Waals surface area contributed by atoms with Crippen LogP contribution in [0.5, 0.6) is 0 Å². The molecular formula is C12H23NO2. The van der Waals surface area contributed by atoms with Crippen LogP contribution < -0.4 is 0 Å². The molecule has 0 aromatic rings. The molecule has 0 radical (unpaired) electrons. The molecule has 1 rings (SSSR count). The number of hydrogen-bond donors (Lipinski definition) is 1. The smallest absolute Gasteiger partial charge is 0.324 e. The van der Waals surface area contributed by atoms with E-state index in [0.29, 0.717) is 12.3 Å². The van der Waals surface area contributed by atoms with Gasteiger partial charge in [-0.1, -0.05) is 27.7 Å². The lowest BCUT2D eigenvalue weighted by atomic mass is 9.83. The van der Waals surface area contributed by atoms with Crippen molar-refractivity contribution in [1.82, 2.24) is 4.90 Å². The van der Waals surface area contributed by atoms with Gasteiger partial charge in [0.1, 0.15) is 5.54 Å². The van der Waals surface area contributed by atoms with Crippen LogP contribution >= 0.6 is 0 Å². The second kappa shape index (κ2) is 4.52. The summed E-state index contributed by atoms with van der Waals surface area (Å²) in [4.78, 5) is 13.7. The predicted octanol–water partition coefficient (Wildman–Crippen LogP) is 2.22. The Morgan fingerprint density at radius 1 is 1.60 bits per heavy atom. The molecule has 0 amide bonds. The lowest BCUT2D eigenvalue weighted by Gasteiger charge is -2.37. The number of nitrogens with zero attached hydrogens (tertiary/aromatic N) is 1. The fourth-order valence-corrected chi connectivity index (χ4v) is 2.86. The molecule has 0 bridgehead atoms. The van der Waals surface area contributed by atoms with Gasteiger partial charge in [0.25, 0.3) is 0 Å². The standard InChI is InChI=1S/C12H23NO2/c1-5-12(11(14)15)10(4)6-7-13(12)8-9(2)3/h9-10H,5-8H2,1-4H3,(H,14,15)/t10?,12-/m0/s1. The van der Waals surface area contributed by atoms with Gasteiger partial charge >= 0.3 is 5.97 Å². The van der Waals surface area contributed by atoms with E-state index < -0.39 is 11.5 Å². The van der Waals surface area contributed by atoms with Crippen molar-refractivity contribution in [1.29, 1.82) is 0 Å². The molecule has 2 atom stereocenters. The highest BCUT2D eigenvalue weighted by molar-refractivity contribution is 5.79. The highest BCUT2D eigenvalue weighted by Gasteiger charge is 2.51. The molecule has 3 nitrogen and oxygen atoms in total. The first-order valence-electron chi connectivity index (χ1n) is 5.93. The van der Waals surface area contributed by atoms with Crippen LogP contribution in [0.25, 0.3) is 0 Å². The third-order valence-corrected chi connectivity index (χ3v) is 3.71. The molecule has 0 aromatic carbocycles. The Labute approximate surface area is 92.5 Å². The minimum absolute atomic E-state index is 0.263. The summed E-state index contributed by atoms with van der Waals surface area (Å²) in [6.45, 7) is 10.2. The maximum Gasteiger partial charge on any atom is 0.324 e. The first-order chi connectivity index (χ1) is 6.95. The quantitative estimate of drug-likeness (QED) is 0.778. The molecule has 1 aliphatic heterocycles. The fraction of sp³-hybridized carbons (Fsp3) is 0.917. The predicted molar refractivity (Wildman–Crippen MR) is 60.8 cm³/mol. The highest BCUT2D eigenvalue weighted by Crippen LogP contribution is 2.38. The molecule has 1 aliphatic rings. The van der Waals surface area contributed by atoms with Crippen molar-refractivity contribution in [3.63, 3.8) is 0 Å². The monoisotopic (exact) mass is 213 g/mol. The first-order valence-corrected chi connectivity index (χ1v) is 5.93. The molecule has 1 unspecified atom stereocenters. The Morgan fingerprint density at radius 3 is 2.60 bits per heavy atom. The van der Waals surface area contributed by atoms with E-state index in [2.05, 4.69) is 25.7 Å². The summed E-state index contributed by atoms with van der Waals surface area (Å²) in [7, 11) is 0. The Bertz CT molecular complexity index is 240. The van der Waals surface area contributed by atoms with Gasteiger partial charge in [0, 0.05) is 6.54 Å². The summed E-state index contributed by atoms with van der Waals surface area (Å²) in [6, 6.07) is 0. The zero-order valence-electron chi connectivity index (χ0n) is 10.3. The van der Waals surface area contributed by atoms with Crippen LogP contribution in [-0.2, 0) is 4.79 Å². The number of likely N-dealkylation sites (tertiary alicyclic amines) is 1. The molecule has 3 heteroatoms. The Kier molecular flexibility index (Phi) is 3.77. The minimum Gasteiger partial charge on any atom is -0.480 e. The highest BCUT2D eigenvalue weighted by atomic mass is 16.4. The molecule has 0 saturated carbocycles. The lowest BCUT2D eigenvalue weighted by Crippen LogP contribution is -2.54. The third-order valence-electron chi connectivity index (χ3n) is 3.71. The molecule has 0 aromatic heterocycles. The van der Waals surface area contributed by atoms with Gasteiger partial charge in [-0.05, 0) is 31.2 Å². The molecule has 0 aliphatic carbocycles. The average molecular weight is 213 g/mol. The van der Waals surface area contributed by atoms with Crippen LogP contribution in [0.15, 0.2) is 0 Å². The Hall–Kier alpha value is -0.570. The summed E-state index contributed by atoms with van der Waals surface area (Å²) in [5, 5.41) is 9.48. The number of carbonyl (C=O) groups is 1. The van der Waals surface area contributed by atoms with Crippen LogP contribution in [-0.4, -0.2) is 34.6 Å². The molecule has 1 heterocycles. The molecular weight excluding hydrogens is 190 g/mol. The summed E-state index contributed by atoms with van der Waals surface area (Å²) in [5.74, 6) is 0.148. The van der Waals surface area contributed by atoms with Gasteiger partial charge in [-0.15, -0.1) is 0 Å². The van der Waals surface area contributed by atoms with Gasteiger partial charge in [-0.3, -0.25) is 9.69 Å². The van der Waals surface area contributed by atoms with Crippen molar-refractivity contribution >= 4 is 5.97 Å². The largest absolute Gasteiger partial charge is 0.480 e. The van der Waals surface area contributed by atoms with E-state index in [1.54, 1.807) is 0 Å². The van der Waals surface area contributed by atoms with Crippen molar-refractivity contribution in [3.8, 4) is 0 Å². The van der Waals surface area contributed by atoms with Crippen molar-refractivity contribution in [2.24, 2.45) is 11.8 Å². The van der Waals surface area contributed by atoms with Crippen LogP contribution in [0, 0.1) is 11.8 Å². The molecule has 1 fully saturated rings. The van der Waals surface area contributed by atoms with Crippen LogP contribution in [0.1, 0.15) is 40.5 Å². The molecule has 15 heavy (non-hydrogen) atoms. The number of hydrogen-bond acceptors (Lipinski definition) is 2. The van der Waals surface area contributed by atoms with Crippen molar-refractivity contribution in [2.75, 3.05) is 13.1 Å². The normalized spacial score (nSPS) is 32.5. The van der Waals surface area contributed by atoms with Gasteiger partial charge in [0.15, 0.2) is 0 Å². The molecule has 1 saturated heterocycles. The van der Waals surface area contributed by atoms with E-state index in [1.165, 1.54) is 0 Å². The maximum atomic E-state index is 11.5. The Balaban J connectivity index is 2.91. The molecule has 0 spiro atoms. The van der Waals surface area contributed by atoms with Gasteiger partial charge in [0.2, 0.25) is 0 Å². The van der Waals surface area contributed by atoms with E-state index in [1.807, 2.05) is 6.92 Å². The van der Waals surface area contributed by atoms with Crippen LogP contribution in [0.2, 0.25) is 0 Å². The van der Waals surface area contributed by atoms with Crippen LogP contribution in [0.4, 0.5) is 0 Å². The second-order valence-corrected chi connectivity index (χ2v) is 5.11. The Morgan fingerprint density at radius 2 is 2.20 bits per heavy atom. The zero-order valence-corrected chi connectivity index (χ0v) is 10.3. The van der Waals surface area contributed by atoms with Crippen molar-refractivity contribution in [3.05, 3.63) is 0 Å². The number of carboxylic acid groups (broad SMARTS) is 1. The van der Waals surface area contributed by atoms with Crippen molar-refractivity contribution < 1.29 is 9.90 Å². The number of aliphatic carboxylic acids is 1. The second-order valence-electron chi connectivity index (χ2n) is 5.11. The molecule has 1 N–H and O–H groups in total. The third kappa shape index (κ3) is 2.03. The maximum absolute atomic E-state index is 11.5. The zero-order chi connectivity index (χ0) is 11.6. The topological polar surface area (TPSA) is 40.5 Å². The molecule has 88 valence electrons. The fourth-order valence-electron chi connectivity index (χ4n) is 2.86. The summed E-state index contributed by atoms with van der Waals surface area (Å²) in [5.41, 5.74) is -0.607. The summed E-state index contributed by atoms with van der Waals surface area (Å²) in [6.07, 6.45) is 1.71. The number of rotatable bonds is 4. The van der Waals surface area contributed by atoms with Gasteiger partial charge in [-0.2, -0.15) is 0 Å². The van der Waals surface area contributed by atoms with E-state index >= 15 is 0 Å². The SMILES string of the molecule is CC[C@@]1(C(=O)O)C(C)CCN1CC(C)C. The van der Waals surface area contributed by atoms with E-state index in [9.17, 15) is 9.90 Å². The van der Waals surface area contributed by atoms with E-state index in [4.69, 9.17) is 0 Å². The summed E-state index contributed by atoms with van der Waals surface area (Å²) >= 11 is 0. The van der Waals surface area contributed by atoms with Gasteiger partial charge in [-0.25, -0.2) is 0 Å². The average Bonchev–Trinajstić information content (AvgIpc) is 2.43. The van der Waals surface area contributed by atoms with Crippen molar-refractivity contribution in [2.45, 2.75) is 46.1 Å². The minimum atomic E-state index is -0.643.